The fourth-order valence-corrected chi connectivity index (χ4v) is 3.73. The molecule has 0 spiro atoms. The second-order valence-corrected chi connectivity index (χ2v) is 7.48. The lowest BCUT2D eigenvalue weighted by molar-refractivity contribution is 0.0950. The molecule has 0 bridgehead atoms. The first-order valence-corrected chi connectivity index (χ1v) is 10.1. The molecular formula is C24H22ClN3O3. The zero-order valence-electron chi connectivity index (χ0n) is 17.3. The number of halogens is 1. The summed E-state index contributed by atoms with van der Waals surface area (Å²) in [6, 6.07) is 18.8. The minimum Gasteiger partial charge on any atom is -0.493 e. The standard InChI is InChI=1S/C24H22ClN3O3/c1-30-22-8-4-6-19(23(22)31-2)13-26-24(29)17-9-10-18-14-27-28(21(18)12-17)15-16-5-3-7-20(25)11-16/h3-12,14H,13,15H2,1-2H3,(H,26,29). The van der Waals surface area contributed by atoms with E-state index >= 15 is 0 Å². The van der Waals surface area contributed by atoms with Gasteiger partial charge >= 0.3 is 0 Å². The van der Waals surface area contributed by atoms with Crippen molar-refractivity contribution in [2.75, 3.05) is 14.2 Å². The second kappa shape index (κ2) is 9.10. The smallest absolute Gasteiger partial charge is 0.251 e. The molecule has 7 heteroatoms. The van der Waals surface area contributed by atoms with Crippen molar-refractivity contribution in [3.05, 3.63) is 88.6 Å². The third-order valence-corrected chi connectivity index (χ3v) is 5.29. The molecule has 158 valence electrons. The van der Waals surface area contributed by atoms with Gasteiger partial charge in [-0.25, -0.2) is 0 Å². The molecule has 0 saturated carbocycles. The molecule has 4 rings (SSSR count). The first kappa shape index (κ1) is 20.8. The van der Waals surface area contributed by atoms with Gasteiger partial charge in [0.05, 0.1) is 32.5 Å². The Labute approximate surface area is 185 Å². The number of hydrogen-bond acceptors (Lipinski definition) is 4. The Morgan fingerprint density at radius 2 is 1.90 bits per heavy atom. The Morgan fingerprint density at radius 1 is 1.06 bits per heavy atom. The van der Waals surface area contributed by atoms with Crippen LogP contribution in [0.25, 0.3) is 10.9 Å². The minimum absolute atomic E-state index is 0.178. The monoisotopic (exact) mass is 435 g/mol. The van der Waals surface area contributed by atoms with E-state index in [0.29, 0.717) is 35.2 Å². The number of para-hydroxylation sites is 1. The van der Waals surface area contributed by atoms with E-state index in [1.807, 2.05) is 59.3 Å². The highest BCUT2D eigenvalue weighted by Crippen LogP contribution is 2.30. The zero-order chi connectivity index (χ0) is 21.8. The molecule has 4 aromatic rings. The van der Waals surface area contributed by atoms with Crippen molar-refractivity contribution in [3.8, 4) is 11.5 Å². The summed E-state index contributed by atoms with van der Waals surface area (Å²) >= 11 is 6.10. The van der Waals surface area contributed by atoms with Crippen LogP contribution in [0.2, 0.25) is 5.02 Å². The molecule has 0 radical (unpaired) electrons. The number of carbonyl (C=O) groups excluding carboxylic acids is 1. The van der Waals surface area contributed by atoms with Crippen molar-refractivity contribution in [2.24, 2.45) is 0 Å². The van der Waals surface area contributed by atoms with Crippen molar-refractivity contribution in [1.29, 1.82) is 0 Å². The summed E-state index contributed by atoms with van der Waals surface area (Å²) in [5.41, 5.74) is 3.31. The Hall–Kier alpha value is -3.51. The molecule has 6 nitrogen and oxygen atoms in total. The van der Waals surface area contributed by atoms with Crippen molar-refractivity contribution in [3.63, 3.8) is 0 Å². The zero-order valence-corrected chi connectivity index (χ0v) is 18.0. The van der Waals surface area contributed by atoms with Gasteiger partial charge in [0.15, 0.2) is 11.5 Å². The lowest BCUT2D eigenvalue weighted by Crippen LogP contribution is -2.23. The van der Waals surface area contributed by atoms with Gasteiger partial charge in [-0.2, -0.15) is 5.10 Å². The van der Waals surface area contributed by atoms with E-state index < -0.39 is 0 Å². The minimum atomic E-state index is -0.178. The predicted octanol–water partition coefficient (Wildman–Crippen LogP) is 4.69. The number of ether oxygens (including phenoxy) is 2. The molecule has 0 aliphatic heterocycles. The Morgan fingerprint density at radius 3 is 2.68 bits per heavy atom. The molecule has 1 N–H and O–H groups in total. The van der Waals surface area contributed by atoms with Gasteiger partial charge in [0, 0.05) is 28.1 Å². The van der Waals surface area contributed by atoms with Crippen LogP contribution in [0.4, 0.5) is 0 Å². The van der Waals surface area contributed by atoms with Crippen LogP contribution >= 0.6 is 11.6 Å². The van der Waals surface area contributed by atoms with Crippen LogP contribution in [0.1, 0.15) is 21.5 Å². The molecule has 1 aromatic heterocycles. The number of fused-ring (bicyclic) bond motifs is 1. The maximum atomic E-state index is 12.8. The van der Waals surface area contributed by atoms with Gasteiger partial charge < -0.3 is 14.8 Å². The SMILES string of the molecule is COc1cccc(CNC(=O)c2ccc3cnn(Cc4cccc(Cl)c4)c3c2)c1OC. The lowest BCUT2D eigenvalue weighted by Gasteiger charge is -2.13. The number of hydrogen-bond donors (Lipinski definition) is 1. The van der Waals surface area contributed by atoms with E-state index in [-0.39, 0.29) is 5.91 Å². The van der Waals surface area contributed by atoms with Crippen LogP contribution in [0.3, 0.4) is 0 Å². The Balaban J connectivity index is 1.54. The van der Waals surface area contributed by atoms with Gasteiger partial charge in [-0.1, -0.05) is 41.9 Å². The maximum absolute atomic E-state index is 12.8. The molecule has 1 amide bonds. The highest BCUT2D eigenvalue weighted by Gasteiger charge is 2.13. The number of amides is 1. The normalized spacial score (nSPS) is 10.8. The number of methoxy groups -OCH3 is 2. The summed E-state index contributed by atoms with van der Waals surface area (Å²) in [4.78, 5) is 12.8. The van der Waals surface area contributed by atoms with Gasteiger partial charge in [-0.3, -0.25) is 9.48 Å². The molecule has 3 aromatic carbocycles. The summed E-state index contributed by atoms with van der Waals surface area (Å²) in [5.74, 6) is 1.06. The summed E-state index contributed by atoms with van der Waals surface area (Å²) < 4.78 is 12.6. The van der Waals surface area contributed by atoms with Crippen molar-refractivity contribution >= 4 is 28.4 Å². The fourth-order valence-electron chi connectivity index (χ4n) is 3.52. The number of nitrogens with zero attached hydrogens (tertiary/aromatic N) is 2. The summed E-state index contributed by atoms with van der Waals surface area (Å²) in [5, 5.41) is 9.07. The first-order valence-electron chi connectivity index (χ1n) is 9.77. The topological polar surface area (TPSA) is 65.4 Å². The fraction of sp³-hybridized carbons (Fsp3) is 0.167. The molecule has 0 fully saturated rings. The molecule has 0 atom stereocenters. The second-order valence-electron chi connectivity index (χ2n) is 7.04. The van der Waals surface area contributed by atoms with Crippen molar-refractivity contribution in [1.82, 2.24) is 15.1 Å². The molecular weight excluding hydrogens is 414 g/mol. The largest absolute Gasteiger partial charge is 0.493 e. The van der Waals surface area contributed by atoms with E-state index in [4.69, 9.17) is 21.1 Å². The molecule has 0 saturated heterocycles. The van der Waals surface area contributed by atoms with Crippen LogP contribution in [-0.2, 0) is 13.1 Å². The van der Waals surface area contributed by atoms with Gasteiger partial charge in [-0.15, -0.1) is 0 Å². The lowest BCUT2D eigenvalue weighted by atomic mass is 10.1. The number of rotatable bonds is 7. The average molecular weight is 436 g/mol. The molecule has 31 heavy (non-hydrogen) atoms. The van der Waals surface area contributed by atoms with Gasteiger partial charge in [0.25, 0.3) is 5.91 Å². The maximum Gasteiger partial charge on any atom is 0.251 e. The summed E-state index contributed by atoms with van der Waals surface area (Å²) in [6.07, 6.45) is 1.79. The number of carbonyl (C=O) groups is 1. The number of nitrogens with one attached hydrogen (secondary N) is 1. The highest BCUT2D eigenvalue weighted by atomic mass is 35.5. The Bertz CT molecular complexity index is 1240. The quantitative estimate of drug-likeness (QED) is 0.457. The van der Waals surface area contributed by atoms with Crippen LogP contribution in [-0.4, -0.2) is 29.9 Å². The van der Waals surface area contributed by atoms with E-state index in [1.165, 1.54) is 0 Å². The molecule has 0 aliphatic carbocycles. The van der Waals surface area contributed by atoms with E-state index in [0.717, 1.165) is 22.0 Å². The molecule has 0 unspecified atom stereocenters. The summed E-state index contributed by atoms with van der Waals surface area (Å²) in [6.45, 7) is 0.884. The van der Waals surface area contributed by atoms with Crippen molar-refractivity contribution < 1.29 is 14.3 Å². The van der Waals surface area contributed by atoms with E-state index in [9.17, 15) is 4.79 Å². The molecule has 0 aliphatic rings. The number of aromatic nitrogens is 2. The van der Waals surface area contributed by atoms with E-state index in [2.05, 4.69) is 10.4 Å². The van der Waals surface area contributed by atoms with Gasteiger partial charge in [0.2, 0.25) is 0 Å². The van der Waals surface area contributed by atoms with Crippen molar-refractivity contribution in [2.45, 2.75) is 13.1 Å². The third kappa shape index (κ3) is 4.49. The first-order chi connectivity index (χ1) is 15.1. The third-order valence-electron chi connectivity index (χ3n) is 5.05. The number of benzene rings is 3. The highest BCUT2D eigenvalue weighted by molar-refractivity contribution is 6.30. The predicted molar refractivity (Wildman–Crippen MR) is 121 cm³/mol. The summed E-state index contributed by atoms with van der Waals surface area (Å²) in [7, 11) is 3.17. The van der Waals surface area contributed by atoms with Crippen LogP contribution in [0.15, 0.2) is 66.9 Å². The van der Waals surface area contributed by atoms with Gasteiger partial charge in [0.1, 0.15) is 0 Å². The average Bonchev–Trinajstić information content (AvgIpc) is 3.19. The van der Waals surface area contributed by atoms with Gasteiger partial charge in [-0.05, 0) is 35.9 Å². The van der Waals surface area contributed by atoms with E-state index in [1.54, 1.807) is 26.5 Å². The Kier molecular flexibility index (Phi) is 6.09. The van der Waals surface area contributed by atoms with Crippen LogP contribution in [0.5, 0.6) is 11.5 Å². The van der Waals surface area contributed by atoms with Crippen LogP contribution in [0, 0.1) is 0 Å². The van der Waals surface area contributed by atoms with Crippen LogP contribution < -0.4 is 14.8 Å². The molecule has 1 heterocycles.